The quantitative estimate of drug-likeness (QED) is 0.850. The summed E-state index contributed by atoms with van der Waals surface area (Å²) in [6.07, 6.45) is 3.97. The van der Waals surface area contributed by atoms with E-state index in [0.717, 1.165) is 24.9 Å². The molecular weight excluding hydrogens is 208 g/mol. The Bertz CT molecular complexity index is 341. The summed E-state index contributed by atoms with van der Waals surface area (Å²) in [5.41, 5.74) is 1.45. The van der Waals surface area contributed by atoms with Gasteiger partial charge in [0, 0.05) is 12.6 Å². The molecule has 3 fully saturated rings. The lowest BCUT2D eigenvalue weighted by Crippen LogP contribution is -2.56. The van der Waals surface area contributed by atoms with Gasteiger partial charge < -0.3 is 10.2 Å². The Hall–Kier alpha value is -0.860. The summed E-state index contributed by atoms with van der Waals surface area (Å²) in [5.74, 6) is 0.941. The summed E-state index contributed by atoms with van der Waals surface area (Å²) in [4.78, 5) is 2.61. The van der Waals surface area contributed by atoms with E-state index in [0.29, 0.717) is 0 Å². The van der Waals surface area contributed by atoms with Crippen LogP contribution in [0.4, 0.5) is 0 Å². The summed E-state index contributed by atoms with van der Waals surface area (Å²) < 4.78 is 0. The van der Waals surface area contributed by atoms with Crippen LogP contribution in [-0.2, 0) is 6.42 Å². The Kier molecular flexibility index (Phi) is 3.44. The number of nitrogens with one attached hydrogen (secondary N) is 1. The molecule has 2 bridgehead atoms. The molecule has 0 saturated carbocycles. The normalized spacial score (nSPS) is 31.6. The monoisotopic (exact) mass is 230 g/mol. The Labute approximate surface area is 104 Å². The van der Waals surface area contributed by atoms with Crippen molar-refractivity contribution < 1.29 is 0 Å². The van der Waals surface area contributed by atoms with Crippen LogP contribution in [0.25, 0.3) is 0 Å². The van der Waals surface area contributed by atoms with Crippen molar-refractivity contribution in [1.82, 2.24) is 10.2 Å². The molecule has 0 aliphatic carbocycles. The van der Waals surface area contributed by atoms with E-state index >= 15 is 0 Å². The minimum absolute atomic E-state index is 0.751. The molecule has 0 spiro atoms. The van der Waals surface area contributed by atoms with Gasteiger partial charge >= 0.3 is 0 Å². The van der Waals surface area contributed by atoms with Crippen molar-refractivity contribution in [1.29, 1.82) is 0 Å². The molecule has 1 N–H and O–H groups in total. The van der Waals surface area contributed by atoms with E-state index in [1.54, 1.807) is 0 Å². The SMILES string of the molecule is c1ccc(CCNC2CN3CCC2CC3)cc1. The highest BCUT2D eigenvalue weighted by Gasteiger charge is 2.33. The maximum atomic E-state index is 3.76. The summed E-state index contributed by atoms with van der Waals surface area (Å²) in [7, 11) is 0. The molecule has 1 aromatic carbocycles. The molecule has 0 aromatic heterocycles. The van der Waals surface area contributed by atoms with Gasteiger partial charge in [0.1, 0.15) is 0 Å². The summed E-state index contributed by atoms with van der Waals surface area (Å²) >= 11 is 0. The van der Waals surface area contributed by atoms with Crippen LogP contribution < -0.4 is 5.32 Å². The number of rotatable bonds is 4. The largest absolute Gasteiger partial charge is 0.312 e. The third-order valence-electron chi connectivity index (χ3n) is 4.32. The Balaban J connectivity index is 1.46. The van der Waals surface area contributed by atoms with Crippen LogP contribution in [0.5, 0.6) is 0 Å². The third kappa shape index (κ3) is 2.70. The second-order valence-corrected chi connectivity index (χ2v) is 5.43. The lowest BCUT2D eigenvalue weighted by molar-refractivity contribution is 0.0731. The number of hydrogen-bond donors (Lipinski definition) is 1. The summed E-state index contributed by atoms with van der Waals surface area (Å²) in [5, 5.41) is 3.76. The van der Waals surface area contributed by atoms with Gasteiger partial charge in [0.2, 0.25) is 0 Å². The summed E-state index contributed by atoms with van der Waals surface area (Å²) in [6.45, 7) is 5.07. The molecule has 3 aliphatic rings. The molecule has 3 heterocycles. The number of fused-ring (bicyclic) bond motifs is 3. The molecule has 0 radical (unpaired) electrons. The highest BCUT2D eigenvalue weighted by molar-refractivity contribution is 5.14. The average molecular weight is 230 g/mol. The minimum Gasteiger partial charge on any atom is -0.312 e. The second kappa shape index (κ2) is 5.19. The number of nitrogens with zero attached hydrogens (tertiary/aromatic N) is 1. The van der Waals surface area contributed by atoms with E-state index in [2.05, 4.69) is 40.5 Å². The number of hydrogen-bond acceptors (Lipinski definition) is 2. The Morgan fingerprint density at radius 1 is 1.12 bits per heavy atom. The molecule has 2 nitrogen and oxygen atoms in total. The topological polar surface area (TPSA) is 15.3 Å². The average Bonchev–Trinajstić information content (AvgIpc) is 2.41. The van der Waals surface area contributed by atoms with E-state index in [1.807, 2.05) is 0 Å². The van der Waals surface area contributed by atoms with Crippen molar-refractivity contribution in [2.45, 2.75) is 25.3 Å². The van der Waals surface area contributed by atoms with Crippen LogP contribution in [0.1, 0.15) is 18.4 Å². The molecule has 92 valence electrons. The zero-order valence-electron chi connectivity index (χ0n) is 10.4. The van der Waals surface area contributed by atoms with Crippen LogP contribution in [-0.4, -0.2) is 37.1 Å². The van der Waals surface area contributed by atoms with Gasteiger partial charge in [-0.25, -0.2) is 0 Å². The van der Waals surface area contributed by atoms with E-state index in [4.69, 9.17) is 0 Å². The van der Waals surface area contributed by atoms with Crippen molar-refractivity contribution >= 4 is 0 Å². The fraction of sp³-hybridized carbons (Fsp3) is 0.600. The van der Waals surface area contributed by atoms with Crippen LogP contribution in [0, 0.1) is 5.92 Å². The summed E-state index contributed by atoms with van der Waals surface area (Å²) in [6, 6.07) is 11.5. The van der Waals surface area contributed by atoms with E-state index in [-0.39, 0.29) is 0 Å². The van der Waals surface area contributed by atoms with Gasteiger partial charge in [-0.05, 0) is 50.4 Å². The second-order valence-electron chi connectivity index (χ2n) is 5.43. The fourth-order valence-corrected chi connectivity index (χ4v) is 3.24. The van der Waals surface area contributed by atoms with Crippen LogP contribution in [0.3, 0.4) is 0 Å². The Morgan fingerprint density at radius 3 is 2.53 bits per heavy atom. The Morgan fingerprint density at radius 2 is 1.88 bits per heavy atom. The third-order valence-corrected chi connectivity index (χ3v) is 4.32. The first-order valence-electron chi connectivity index (χ1n) is 6.91. The van der Waals surface area contributed by atoms with Gasteiger partial charge in [-0.15, -0.1) is 0 Å². The zero-order chi connectivity index (χ0) is 11.5. The first kappa shape index (κ1) is 11.2. The van der Waals surface area contributed by atoms with Gasteiger partial charge in [0.05, 0.1) is 0 Å². The maximum Gasteiger partial charge on any atom is 0.0224 e. The standard InChI is InChI=1S/C15H22N2/c1-2-4-13(5-3-1)6-9-16-15-12-17-10-7-14(15)8-11-17/h1-5,14-16H,6-12H2. The fourth-order valence-electron chi connectivity index (χ4n) is 3.24. The van der Waals surface area contributed by atoms with Gasteiger partial charge in [-0.3, -0.25) is 0 Å². The molecule has 1 unspecified atom stereocenters. The number of benzene rings is 1. The smallest absolute Gasteiger partial charge is 0.0224 e. The zero-order valence-corrected chi connectivity index (χ0v) is 10.4. The first-order valence-corrected chi connectivity index (χ1v) is 6.91. The van der Waals surface area contributed by atoms with Gasteiger partial charge in [0.25, 0.3) is 0 Å². The van der Waals surface area contributed by atoms with Crippen molar-refractivity contribution in [2.75, 3.05) is 26.2 Å². The minimum atomic E-state index is 0.751. The lowest BCUT2D eigenvalue weighted by atomic mass is 9.84. The van der Waals surface area contributed by atoms with Crippen molar-refractivity contribution in [3.63, 3.8) is 0 Å². The highest BCUT2D eigenvalue weighted by atomic mass is 15.2. The molecule has 3 saturated heterocycles. The van der Waals surface area contributed by atoms with Crippen molar-refractivity contribution in [3.05, 3.63) is 35.9 Å². The predicted octanol–water partition coefficient (Wildman–Crippen LogP) is 1.91. The van der Waals surface area contributed by atoms with Gasteiger partial charge in [-0.2, -0.15) is 0 Å². The first-order chi connectivity index (χ1) is 8.42. The lowest BCUT2D eigenvalue weighted by Gasteiger charge is -2.45. The maximum absolute atomic E-state index is 3.76. The molecule has 3 aliphatic heterocycles. The van der Waals surface area contributed by atoms with Crippen LogP contribution in [0.15, 0.2) is 30.3 Å². The molecule has 1 atom stereocenters. The molecule has 1 aromatic rings. The van der Waals surface area contributed by atoms with Gasteiger partial charge in [-0.1, -0.05) is 30.3 Å². The molecule has 0 amide bonds. The number of piperidine rings is 3. The van der Waals surface area contributed by atoms with Crippen LogP contribution in [0.2, 0.25) is 0 Å². The van der Waals surface area contributed by atoms with Crippen LogP contribution >= 0.6 is 0 Å². The predicted molar refractivity (Wildman–Crippen MR) is 71.1 cm³/mol. The van der Waals surface area contributed by atoms with Crippen molar-refractivity contribution in [3.8, 4) is 0 Å². The van der Waals surface area contributed by atoms with E-state index < -0.39 is 0 Å². The van der Waals surface area contributed by atoms with Crippen molar-refractivity contribution in [2.24, 2.45) is 5.92 Å². The molecule has 17 heavy (non-hydrogen) atoms. The van der Waals surface area contributed by atoms with E-state index in [9.17, 15) is 0 Å². The van der Waals surface area contributed by atoms with E-state index in [1.165, 1.54) is 38.0 Å². The molecule has 2 heteroatoms. The molecule has 4 rings (SSSR count). The highest BCUT2D eigenvalue weighted by Crippen LogP contribution is 2.27. The van der Waals surface area contributed by atoms with Gasteiger partial charge in [0.15, 0.2) is 0 Å². The molecular formula is C15H22N2.